The van der Waals surface area contributed by atoms with Crippen molar-refractivity contribution in [3.63, 3.8) is 0 Å². The Morgan fingerprint density at radius 2 is 2.06 bits per heavy atom. The Labute approximate surface area is 106 Å². The molecule has 0 aliphatic heterocycles. The molecule has 0 spiro atoms. The van der Waals surface area contributed by atoms with Gasteiger partial charge in [-0.05, 0) is 36.9 Å². The van der Waals surface area contributed by atoms with Gasteiger partial charge in [0.25, 0.3) is 0 Å². The van der Waals surface area contributed by atoms with E-state index in [1.165, 1.54) is 0 Å². The van der Waals surface area contributed by atoms with E-state index in [0.29, 0.717) is 6.42 Å². The van der Waals surface area contributed by atoms with Crippen molar-refractivity contribution in [2.24, 2.45) is 0 Å². The molecule has 0 aliphatic rings. The van der Waals surface area contributed by atoms with E-state index >= 15 is 0 Å². The van der Waals surface area contributed by atoms with Crippen LogP contribution in [0.2, 0.25) is 0 Å². The van der Waals surface area contributed by atoms with E-state index in [1.54, 1.807) is 11.8 Å². The summed E-state index contributed by atoms with van der Waals surface area (Å²) in [6, 6.07) is 7.12. The molecule has 1 atom stereocenters. The zero-order chi connectivity index (χ0) is 12.7. The minimum Gasteiger partial charge on any atom is -0.394 e. The van der Waals surface area contributed by atoms with E-state index < -0.39 is 0 Å². The molecule has 2 amide bonds. The second kappa shape index (κ2) is 7.19. The predicted octanol–water partition coefficient (Wildman–Crippen LogP) is 2.30. The highest BCUT2D eigenvalue weighted by molar-refractivity contribution is 7.98. The van der Waals surface area contributed by atoms with Gasteiger partial charge in [-0.25, -0.2) is 4.79 Å². The van der Waals surface area contributed by atoms with Crippen LogP contribution in [-0.4, -0.2) is 30.0 Å². The van der Waals surface area contributed by atoms with Crippen LogP contribution in [0.15, 0.2) is 29.2 Å². The summed E-state index contributed by atoms with van der Waals surface area (Å²) in [6.45, 7) is 1.86. The Morgan fingerprint density at radius 3 is 2.53 bits per heavy atom. The molecule has 1 aromatic carbocycles. The number of aliphatic hydroxyl groups is 1. The molecule has 0 fully saturated rings. The number of hydrogen-bond donors (Lipinski definition) is 3. The molecule has 17 heavy (non-hydrogen) atoms. The van der Waals surface area contributed by atoms with Crippen LogP contribution in [0.4, 0.5) is 10.5 Å². The number of benzene rings is 1. The highest BCUT2D eigenvalue weighted by atomic mass is 32.2. The third-order valence-electron chi connectivity index (χ3n) is 2.40. The average Bonchev–Trinajstić information content (AvgIpc) is 2.37. The third kappa shape index (κ3) is 4.66. The van der Waals surface area contributed by atoms with Gasteiger partial charge >= 0.3 is 6.03 Å². The van der Waals surface area contributed by atoms with Crippen molar-refractivity contribution in [2.75, 3.05) is 18.2 Å². The molecule has 1 unspecified atom stereocenters. The number of hydrogen-bond acceptors (Lipinski definition) is 3. The summed E-state index contributed by atoms with van der Waals surface area (Å²) in [5, 5.41) is 14.4. The molecule has 94 valence electrons. The van der Waals surface area contributed by atoms with Crippen molar-refractivity contribution in [3.8, 4) is 0 Å². The minimum atomic E-state index is -0.289. The van der Waals surface area contributed by atoms with Crippen LogP contribution in [0.5, 0.6) is 0 Å². The number of rotatable bonds is 5. The number of carbonyl (C=O) groups excluding carboxylic acids is 1. The molecule has 1 aromatic rings. The zero-order valence-corrected chi connectivity index (χ0v) is 10.9. The molecular formula is C12H18N2O2S. The second-order valence-corrected chi connectivity index (χ2v) is 4.49. The normalized spacial score (nSPS) is 11.9. The number of carbonyl (C=O) groups is 1. The molecule has 1 rings (SSSR count). The van der Waals surface area contributed by atoms with Gasteiger partial charge in [0.05, 0.1) is 12.6 Å². The van der Waals surface area contributed by atoms with Gasteiger partial charge in [0.1, 0.15) is 0 Å². The van der Waals surface area contributed by atoms with Crippen LogP contribution in [0.3, 0.4) is 0 Å². The first-order valence-corrected chi connectivity index (χ1v) is 6.74. The molecule has 5 heteroatoms. The molecule has 0 bridgehead atoms. The Balaban J connectivity index is 2.49. The maximum absolute atomic E-state index is 11.6. The van der Waals surface area contributed by atoms with E-state index in [4.69, 9.17) is 5.11 Å². The topological polar surface area (TPSA) is 61.4 Å². The van der Waals surface area contributed by atoms with Gasteiger partial charge in [-0.15, -0.1) is 11.8 Å². The van der Waals surface area contributed by atoms with Crippen molar-refractivity contribution in [1.29, 1.82) is 0 Å². The van der Waals surface area contributed by atoms with Crippen molar-refractivity contribution in [1.82, 2.24) is 5.32 Å². The highest BCUT2D eigenvalue weighted by Gasteiger charge is 2.08. The fourth-order valence-corrected chi connectivity index (χ4v) is 1.71. The van der Waals surface area contributed by atoms with Gasteiger partial charge in [-0.3, -0.25) is 0 Å². The van der Waals surface area contributed by atoms with Crippen molar-refractivity contribution >= 4 is 23.5 Å². The van der Waals surface area contributed by atoms with Gasteiger partial charge in [0.2, 0.25) is 0 Å². The lowest BCUT2D eigenvalue weighted by Crippen LogP contribution is -2.39. The quantitative estimate of drug-likeness (QED) is 0.707. The Morgan fingerprint density at radius 1 is 1.41 bits per heavy atom. The second-order valence-electron chi connectivity index (χ2n) is 3.61. The summed E-state index contributed by atoms with van der Waals surface area (Å²) in [5.41, 5.74) is 0.744. The number of anilines is 1. The first-order valence-electron chi connectivity index (χ1n) is 5.52. The Bertz CT molecular complexity index is 350. The standard InChI is InChI=1S/C12H18N2O2S/c1-3-9(8-15)13-12(16)14-10-4-6-11(17-2)7-5-10/h4-7,9,15H,3,8H2,1-2H3,(H2,13,14,16). The molecule has 3 N–H and O–H groups in total. The van der Waals surface area contributed by atoms with E-state index in [1.807, 2.05) is 37.4 Å². The Kier molecular flexibility index (Phi) is 5.86. The molecule has 4 nitrogen and oxygen atoms in total. The average molecular weight is 254 g/mol. The summed E-state index contributed by atoms with van der Waals surface area (Å²) in [4.78, 5) is 12.7. The monoisotopic (exact) mass is 254 g/mol. The van der Waals surface area contributed by atoms with E-state index in [2.05, 4.69) is 10.6 Å². The third-order valence-corrected chi connectivity index (χ3v) is 3.14. The maximum atomic E-state index is 11.6. The zero-order valence-electron chi connectivity index (χ0n) is 10.1. The Hall–Kier alpha value is -1.20. The van der Waals surface area contributed by atoms with Crippen molar-refractivity contribution in [2.45, 2.75) is 24.3 Å². The summed E-state index contributed by atoms with van der Waals surface area (Å²) < 4.78 is 0. The minimum absolute atomic E-state index is 0.0463. The van der Waals surface area contributed by atoms with Gasteiger partial charge in [0.15, 0.2) is 0 Å². The van der Waals surface area contributed by atoms with Gasteiger partial charge in [0, 0.05) is 10.6 Å². The first kappa shape index (κ1) is 13.9. The predicted molar refractivity (Wildman–Crippen MR) is 71.5 cm³/mol. The molecule has 0 saturated carbocycles. The smallest absolute Gasteiger partial charge is 0.319 e. The van der Waals surface area contributed by atoms with Crippen molar-refractivity contribution in [3.05, 3.63) is 24.3 Å². The number of amides is 2. The number of urea groups is 1. The molecule has 0 aromatic heterocycles. The summed E-state index contributed by atoms with van der Waals surface area (Å²) >= 11 is 1.65. The summed E-state index contributed by atoms with van der Waals surface area (Å²) in [6.07, 6.45) is 2.71. The van der Waals surface area contributed by atoms with Gasteiger partial charge in [-0.1, -0.05) is 6.92 Å². The van der Waals surface area contributed by atoms with Gasteiger partial charge < -0.3 is 15.7 Å². The molecule has 0 aliphatic carbocycles. The van der Waals surface area contributed by atoms with Crippen molar-refractivity contribution < 1.29 is 9.90 Å². The van der Waals surface area contributed by atoms with Crippen LogP contribution in [0.25, 0.3) is 0 Å². The summed E-state index contributed by atoms with van der Waals surface area (Å²) in [5.74, 6) is 0. The van der Waals surface area contributed by atoms with E-state index in [9.17, 15) is 4.79 Å². The van der Waals surface area contributed by atoms with Crippen LogP contribution < -0.4 is 10.6 Å². The highest BCUT2D eigenvalue weighted by Crippen LogP contribution is 2.17. The fourth-order valence-electron chi connectivity index (χ4n) is 1.30. The number of thioether (sulfide) groups is 1. The van der Waals surface area contributed by atoms with Gasteiger partial charge in [-0.2, -0.15) is 0 Å². The fraction of sp³-hybridized carbons (Fsp3) is 0.417. The van der Waals surface area contributed by atoms with Crippen LogP contribution in [0, 0.1) is 0 Å². The maximum Gasteiger partial charge on any atom is 0.319 e. The van der Waals surface area contributed by atoms with Crippen LogP contribution in [-0.2, 0) is 0 Å². The molecular weight excluding hydrogens is 236 g/mol. The molecule has 0 heterocycles. The number of nitrogens with one attached hydrogen (secondary N) is 2. The van der Waals surface area contributed by atoms with E-state index in [-0.39, 0.29) is 18.7 Å². The lowest BCUT2D eigenvalue weighted by Gasteiger charge is -2.14. The van der Waals surface area contributed by atoms with E-state index in [0.717, 1.165) is 10.6 Å². The lowest BCUT2D eigenvalue weighted by atomic mass is 10.2. The SMILES string of the molecule is CCC(CO)NC(=O)Nc1ccc(SC)cc1. The lowest BCUT2D eigenvalue weighted by molar-refractivity contribution is 0.222. The first-order chi connectivity index (χ1) is 8.19. The van der Waals surface area contributed by atoms with Crippen LogP contribution in [0.1, 0.15) is 13.3 Å². The van der Waals surface area contributed by atoms with Crippen LogP contribution >= 0.6 is 11.8 Å². The number of aliphatic hydroxyl groups excluding tert-OH is 1. The summed E-state index contributed by atoms with van der Waals surface area (Å²) in [7, 11) is 0. The molecule has 0 radical (unpaired) electrons. The molecule has 0 saturated heterocycles. The largest absolute Gasteiger partial charge is 0.394 e.